The van der Waals surface area contributed by atoms with Crippen LogP contribution in [0.25, 0.3) is 0 Å². The zero-order valence-electron chi connectivity index (χ0n) is 15.7. The summed E-state index contributed by atoms with van der Waals surface area (Å²) in [7, 11) is -3.52. The van der Waals surface area contributed by atoms with E-state index in [0.717, 1.165) is 17.5 Å². The number of sulfonamides is 1. The largest absolute Gasteiger partial charge is 0.307 e. The van der Waals surface area contributed by atoms with E-state index in [1.54, 1.807) is 25.7 Å². The molecule has 0 aliphatic carbocycles. The molecule has 0 aromatic heterocycles. The van der Waals surface area contributed by atoms with E-state index >= 15 is 0 Å². The molecule has 0 unspecified atom stereocenters. The molecule has 26 heavy (non-hydrogen) atoms. The molecule has 0 aliphatic rings. The van der Waals surface area contributed by atoms with Gasteiger partial charge in [0.2, 0.25) is 15.9 Å². The predicted molar refractivity (Wildman–Crippen MR) is 105 cm³/mol. The third-order valence-electron chi connectivity index (χ3n) is 3.98. The Morgan fingerprint density at radius 3 is 1.88 bits per heavy atom. The third-order valence-corrected chi connectivity index (χ3v) is 5.46. The maximum atomic E-state index is 13.1. The minimum Gasteiger partial charge on any atom is -0.307 e. The minimum atomic E-state index is -3.52. The van der Waals surface area contributed by atoms with Crippen LogP contribution in [0.15, 0.2) is 60.7 Å². The number of carbonyl (C=O) groups excluding carboxylic acids is 1. The Hall–Kier alpha value is -2.18. The lowest BCUT2D eigenvalue weighted by Gasteiger charge is -2.34. The first-order valence-corrected chi connectivity index (χ1v) is 10.3. The van der Waals surface area contributed by atoms with Gasteiger partial charge >= 0.3 is 0 Å². The number of rotatable bonds is 6. The molecule has 1 amide bonds. The first-order valence-electron chi connectivity index (χ1n) is 8.46. The maximum absolute atomic E-state index is 13.1. The Morgan fingerprint density at radius 2 is 1.42 bits per heavy atom. The number of benzene rings is 2. The summed E-state index contributed by atoms with van der Waals surface area (Å²) in [5.74, 6) is -0.264. The van der Waals surface area contributed by atoms with Crippen molar-refractivity contribution in [2.75, 3.05) is 17.7 Å². The van der Waals surface area contributed by atoms with E-state index in [1.165, 1.54) is 4.31 Å². The summed E-state index contributed by atoms with van der Waals surface area (Å²) in [5.41, 5.74) is 1.04. The summed E-state index contributed by atoms with van der Waals surface area (Å²) in [6.07, 6.45) is 1.13. The average molecular weight is 375 g/mol. The summed E-state index contributed by atoms with van der Waals surface area (Å²) < 4.78 is 25.6. The second kappa shape index (κ2) is 8.01. The normalized spacial score (nSPS) is 12.2. The smallest absolute Gasteiger partial charge is 0.242 e. The lowest BCUT2D eigenvalue weighted by atomic mass is 10.1. The highest BCUT2D eigenvalue weighted by Gasteiger charge is 2.33. The van der Waals surface area contributed by atoms with E-state index in [1.807, 2.05) is 60.7 Å². The summed E-state index contributed by atoms with van der Waals surface area (Å²) >= 11 is 0. The highest BCUT2D eigenvalue weighted by atomic mass is 32.2. The van der Waals surface area contributed by atoms with Crippen LogP contribution in [0, 0.1) is 0 Å². The fraction of sp³-hybridized carbons (Fsp3) is 0.350. The van der Waals surface area contributed by atoms with E-state index in [4.69, 9.17) is 0 Å². The highest BCUT2D eigenvalue weighted by molar-refractivity contribution is 7.88. The molecule has 5 nitrogen and oxygen atoms in total. The Balaban J connectivity index is 2.34. The standard InChI is InChI=1S/C20H26N2O3S/c1-20(2,3)22(26(4,24)25)16-19(23)21(18-13-9-6-10-14-18)15-17-11-7-5-8-12-17/h5-14H,15-16H2,1-4H3. The average Bonchev–Trinajstić information content (AvgIpc) is 2.57. The van der Waals surface area contributed by atoms with Crippen LogP contribution in [0.2, 0.25) is 0 Å². The van der Waals surface area contributed by atoms with Crippen LogP contribution in [0.3, 0.4) is 0 Å². The summed E-state index contributed by atoms with van der Waals surface area (Å²) in [6, 6.07) is 18.9. The Morgan fingerprint density at radius 1 is 0.923 bits per heavy atom. The molecule has 0 radical (unpaired) electrons. The van der Waals surface area contributed by atoms with Gasteiger partial charge in [0.15, 0.2) is 0 Å². The molecule has 0 saturated heterocycles. The van der Waals surface area contributed by atoms with Crippen LogP contribution >= 0.6 is 0 Å². The maximum Gasteiger partial charge on any atom is 0.242 e. The first-order chi connectivity index (χ1) is 12.1. The van der Waals surface area contributed by atoms with E-state index in [9.17, 15) is 13.2 Å². The van der Waals surface area contributed by atoms with E-state index in [-0.39, 0.29) is 12.5 Å². The second-order valence-corrected chi connectivity index (χ2v) is 9.15. The Bertz CT molecular complexity index is 828. The van der Waals surface area contributed by atoms with E-state index in [2.05, 4.69) is 0 Å². The van der Waals surface area contributed by atoms with Crippen LogP contribution in [0.1, 0.15) is 26.3 Å². The molecule has 6 heteroatoms. The van der Waals surface area contributed by atoms with Crippen LogP contribution in [0.4, 0.5) is 5.69 Å². The molecule has 0 aliphatic heterocycles. The number of carbonyl (C=O) groups is 1. The lowest BCUT2D eigenvalue weighted by molar-refractivity contribution is -0.119. The van der Waals surface area contributed by atoms with Gasteiger partial charge in [0.1, 0.15) is 0 Å². The van der Waals surface area contributed by atoms with E-state index in [0.29, 0.717) is 6.54 Å². The predicted octanol–water partition coefficient (Wildman–Crippen LogP) is 3.28. The molecular formula is C20H26N2O3S. The molecule has 0 N–H and O–H groups in total. The van der Waals surface area contributed by atoms with Crippen molar-refractivity contribution >= 4 is 21.6 Å². The van der Waals surface area contributed by atoms with Crippen LogP contribution in [-0.2, 0) is 21.4 Å². The van der Waals surface area contributed by atoms with Gasteiger partial charge in [0.05, 0.1) is 19.3 Å². The minimum absolute atomic E-state index is 0.204. The number of hydrogen-bond acceptors (Lipinski definition) is 3. The molecule has 0 atom stereocenters. The molecule has 2 aromatic rings. The van der Waals surface area contributed by atoms with Gasteiger partial charge in [-0.2, -0.15) is 4.31 Å². The molecule has 0 heterocycles. The van der Waals surface area contributed by atoms with Gasteiger partial charge in [-0.1, -0.05) is 48.5 Å². The molecule has 0 saturated carbocycles. The second-order valence-electron chi connectivity index (χ2n) is 7.24. The fourth-order valence-electron chi connectivity index (χ4n) is 2.76. The Kier molecular flexibility index (Phi) is 6.21. The number of nitrogens with zero attached hydrogens (tertiary/aromatic N) is 2. The molecule has 2 rings (SSSR count). The van der Waals surface area contributed by atoms with Gasteiger partial charge in [-0.15, -0.1) is 0 Å². The van der Waals surface area contributed by atoms with Crippen LogP contribution < -0.4 is 4.90 Å². The Labute approximate surface area is 156 Å². The van der Waals surface area contributed by atoms with Gasteiger partial charge in [-0.3, -0.25) is 4.79 Å². The van der Waals surface area contributed by atoms with Crippen molar-refractivity contribution in [3.05, 3.63) is 66.2 Å². The highest BCUT2D eigenvalue weighted by Crippen LogP contribution is 2.21. The molecular weight excluding hydrogens is 348 g/mol. The van der Waals surface area contributed by atoms with Gasteiger partial charge in [-0.05, 0) is 38.5 Å². The molecule has 2 aromatic carbocycles. The summed E-state index contributed by atoms with van der Waals surface area (Å²) in [4.78, 5) is 14.7. The van der Waals surface area contributed by atoms with Crippen molar-refractivity contribution in [2.24, 2.45) is 0 Å². The fourth-order valence-corrected chi connectivity index (χ4v) is 4.10. The topological polar surface area (TPSA) is 57.7 Å². The number of anilines is 1. The number of amides is 1. The van der Waals surface area contributed by atoms with Crippen LogP contribution in [-0.4, -0.2) is 37.0 Å². The molecule has 0 fully saturated rings. The van der Waals surface area contributed by atoms with Gasteiger partial charge in [0, 0.05) is 11.2 Å². The van der Waals surface area contributed by atoms with Crippen molar-refractivity contribution in [2.45, 2.75) is 32.9 Å². The molecule has 0 bridgehead atoms. The van der Waals surface area contributed by atoms with Crippen molar-refractivity contribution in [1.82, 2.24) is 4.31 Å². The van der Waals surface area contributed by atoms with Gasteiger partial charge < -0.3 is 4.90 Å². The zero-order chi connectivity index (χ0) is 19.4. The first kappa shape index (κ1) is 20.1. The number of para-hydroxylation sites is 1. The van der Waals surface area contributed by atoms with Gasteiger partial charge in [-0.25, -0.2) is 8.42 Å². The van der Waals surface area contributed by atoms with Crippen LogP contribution in [0.5, 0.6) is 0 Å². The quantitative estimate of drug-likeness (QED) is 0.780. The van der Waals surface area contributed by atoms with Crippen molar-refractivity contribution in [3.8, 4) is 0 Å². The SMILES string of the molecule is CC(C)(C)N(CC(=O)N(Cc1ccccc1)c1ccccc1)S(C)(=O)=O. The monoisotopic (exact) mass is 374 g/mol. The van der Waals surface area contributed by atoms with Crippen molar-refractivity contribution < 1.29 is 13.2 Å². The number of hydrogen-bond donors (Lipinski definition) is 0. The van der Waals surface area contributed by atoms with Crippen molar-refractivity contribution in [3.63, 3.8) is 0 Å². The third kappa shape index (κ3) is 5.41. The van der Waals surface area contributed by atoms with E-state index < -0.39 is 15.6 Å². The molecule has 0 spiro atoms. The van der Waals surface area contributed by atoms with Crippen molar-refractivity contribution in [1.29, 1.82) is 0 Å². The summed E-state index contributed by atoms with van der Waals surface area (Å²) in [5, 5.41) is 0. The zero-order valence-corrected chi connectivity index (χ0v) is 16.5. The van der Waals surface area contributed by atoms with Gasteiger partial charge in [0.25, 0.3) is 0 Å². The lowest BCUT2D eigenvalue weighted by Crippen LogP contribution is -2.50. The summed E-state index contributed by atoms with van der Waals surface area (Å²) in [6.45, 7) is 5.53. The molecule has 140 valence electrons.